The van der Waals surface area contributed by atoms with Crippen LogP contribution in [-0.4, -0.2) is 25.7 Å². The zero-order valence-corrected chi connectivity index (χ0v) is 14.7. The van der Waals surface area contributed by atoms with Gasteiger partial charge in [0.1, 0.15) is 0 Å². The highest BCUT2D eigenvalue weighted by atomic mass is 127. The topological polar surface area (TPSA) is 59.6 Å². The third-order valence-electron chi connectivity index (χ3n) is 2.36. The number of ether oxygens (including phenoxy) is 1. The molecule has 0 heterocycles. The van der Waals surface area contributed by atoms with E-state index in [0.717, 1.165) is 11.3 Å². The summed E-state index contributed by atoms with van der Waals surface area (Å²) in [5.74, 6) is 0.406. The summed E-state index contributed by atoms with van der Waals surface area (Å²) in [7, 11) is 0. The molecule has 0 radical (unpaired) electrons. The highest BCUT2D eigenvalue weighted by molar-refractivity contribution is 14.0. The Morgan fingerprint density at radius 2 is 1.90 bits per heavy atom. The molecule has 4 nitrogen and oxygen atoms in total. The zero-order valence-electron chi connectivity index (χ0n) is 12.4. The first-order chi connectivity index (χ1) is 8.97. The van der Waals surface area contributed by atoms with Crippen LogP contribution in [0, 0.1) is 13.8 Å². The minimum atomic E-state index is 0. The van der Waals surface area contributed by atoms with Gasteiger partial charge in [-0.25, -0.2) is 0 Å². The number of nitrogens with zero attached hydrogens (tertiary/aromatic N) is 1. The summed E-state index contributed by atoms with van der Waals surface area (Å²) >= 11 is 0. The number of aliphatic imine (C=N–C) groups is 1. The Morgan fingerprint density at radius 1 is 1.30 bits per heavy atom. The molecule has 0 aliphatic heterocycles. The largest absolute Gasteiger partial charge is 0.375 e. The van der Waals surface area contributed by atoms with Gasteiger partial charge in [0, 0.05) is 5.69 Å². The molecule has 0 unspecified atom stereocenters. The molecule has 0 bridgehead atoms. The van der Waals surface area contributed by atoms with Crippen molar-refractivity contribution in [1.29, 1.82) is 0 Å². The minimum absolute atomic E-state index is 0. The standard InChI is InChI=1S/C15H23N3O.HI/c1-11(2)10-19-6-5-17-15(16)18-14-8-12(3)7-13(4)9-14;/h7-9H,1,5-6,10H2,2-4H3,(H3,16,17,18);1H. The number of nitrogens with two attached hydrogens (primary N) is 1. The van der Waals surface area contributed by atoms with Gasteiger partial charge >= 0.3 is 0 Å². The Bertz CT molecular complexity index is 452. The second-order valence-corrected chi connectivity index (χ2v) is 4.78. The first kappa shape index (κ1) is 18.9. The Morgan fingerprint density at radius 3 is 2.45 bits per heavy atom. The molecule has 112 valence electrons. The molecule has 0 aromatic heterocycles. The molecule has 0 spiro atoms. The molecule has 0 saturated heterocycles. The lowest BCUT2D eigenvalue weighted by Gasteiger charge is -2.08. The second kappa shape index (κ2) is 9.77. The van der Waals surface area contributed by atoms with Crippen molar-refractivity contribution < 1.29 is 4.74 Å². The van der Waals surface area contributed by atoms with E-state index in [9.17, 15) is 0 Å². The van der Waals surface area contributed by atoms with Crippen LogP contribution in [0.4, 0.5) is 5.69 Å². The number of anilines is 1. The molecule has 0 aliphatic rings. The number of hydrogen-bond donors (Lipinski definition) is 2. The summed E-state index contributed by atoms with van der Waals surface area (Å²) in [4.78, 5) is 4.20. The number of nitrogens with one attached hydrogen (secondary N) is 1. The Balaban J connectivity index is 0.00000361. The van der Waals surface area contributed by atoms with E-state index in [0.29, 0.717) is 25.7 Å². The van der Waals surface area contributed by atoms with Crippen LogP contribution < -0.4 is 11.1 Å². The number of halogens is 1. The van der Waals surface area contributed by atoms with Crippen molar-refractivity contribution in [2.45, 2.75) is 20.8 Å². The average molecular weight is 389 g/mol. The van der Waals surface area contributed by atoms with Gasteiger partial charge in [-0.15, -0.1) is 24.0 Å². The van der Waals surface area contributed by atoms with Crippen LogP contribution in [0.5, 0.6) is 0 Å². The molecular weight excluding hydrogens is 365 g/mol. The molecule has 0 saturated carbocycles. The lowest BCUT2D eigenvalue weighted by atomic mass is 10.1. The number of aryl methyl sites for hydroxylation is 2. The van der Waals surface area contributed by atoms with Gasteiger partial charge in [0.15, 0.2) is 5.96 Å². The van der Waals surface area contributed by atoms with Gasteiger partial charge in [-0.1, -0.05) is 18.2 Å². The summed E-state index contributed by atoms with van der Waals surface area (Å²) in [5, 5.41) is 3.08. The van der Waals surface area contributed by atoms with E-state index in [1.54, 1.807) is 0 Å². The van der Waals surface area contributed by atoms with Gasteiger partial charge in [0.05, 0.1) is 19.8 Å². The van der Waals surface area contributed by atoms with Crippen LogP contribution in [0.3, 0.4) is 0 Å². The maximum atomic E-state index is 5.81. The van der Waals surface area contributed by atoms with Crippen molar-refractivity contribution >= 4 is 35.6 Å². The highest BCUT2D eigenvalue weighted by Crippen LogP contribution is 2.13. The van der Waals surface area contributed by atoms with E-state index >= 15 is 0 Å². The van der Waals surface area contributed by atoms with Crippen molar-refractivity contribution in [1.82, 2.24) is 0 Å². The van der Waals surface area contributed by atoms with Crippen LogP contribution in [-0.2, 0) is 4.74 Å². The Hall–Kier alpha value is -1.08. The number of hydrogen-bond acceptors (Lipinski definition) is 2. The lowest BCUT2D eigenvalue weighted by molar-refractivity contribution is 0.165. The number of guanidine groups is 1. The SMILES string of the molecule is C=C(C)COCCN=C(N)Nc1cc(C)cc(C)c1.I. The van der Waals surface area contributed by atoms with E-state index < -0.39 is 0 Å². The summed E-state index contributed by atoms with van der Waals surface area (Å²) in [6.07, 6.45) is 0. The normalized spacial score (nSPS) is 10.8. The summed E-state index contributed by atoms with van der Waals surface area (Å²) in [5.41, 5.74) is 10.2. The first-order valence-electron chi connectivity index (χ1n) is 6.35. The molecule has 0 aliphatic carbocycles. The molecule has 1 aromatic rings. The van der Waals surface area contributed by atoms with Crippen molar-refractivity contribution in [2.24, 2.45) is 10.7 Å². The molecule has 1 aromatic carbocycles. The average Bonchev–Trinajstić information content (AvgIpc) is 2.26. The minimum Gasteiger partial charge on any atom is -0.375 e. The van der Waals surface area contributed by atoms with Crippen molar-refractivity contribution in [2.75, 3.05) is 25.1 Å². The smallest absolute Gasteiger partial charge is 0.193 e. The third-order valence-corrected chi connectivity index (χ3v) is 2.36. The fourth-order valence-corrected chi connectivity index (χ4v) is 1.71. The van der Waals surface area contributed by atoms with Crippen LogP contribution in [0.2, 0.25) is 0 Å². The van der Waals surface area contributed by atoms with Crippen molar-refractivity contribution in [3.8, 4) is 0 Å². The molecule has 0 atom stereocenters. The van der Waals surface area contributed by atoms with Crippen LogP contribution >= 0.6 is 24.0 Å². The van der Waals surface area contributed by atoms with Gasteiger partial charge < -0.3 is 15.8 Å². The molecule has 1 rings (SSSR count). The molecule has 20 heavy (non-hydrogen) atoms. The molecule has 0 fully saturated rings. The number of rotatable bonds is 6. The number of benzene rings is 1. The van der Waals surface area contributed by atoms with E-state index in [1.165, 1.54) is 11.1 Å². The van der Waals surface area contributed by atoms with Gasteiger partial charge in [0.25, 0.3) is 0 Å². The lowest BCUT2D eigenvalue weighted by Crippen LogP contribution is -2.23. The highest BCUT2D eigenvalue weighted by Gasteiger charge is 1.97. The van der Waals surface area contributed by atoms with E-state index in [1.807, 2.05) is 19.1 Å². The quantitative estimate of drug-likeness (QED) is 0.258. The summed E-state index contributed by atoms with van der Waals surface area (Å²) in [6.45, 7) is 11.4. The van der Waals surface area contributed by atoms with Crippen LogP contribution in [0.25, 0.3) is 0 Å². The van der Waals surface area contributed by atoms with E-state index in [-0.39, 0.29) is 24.0 Å². The van der Waals surface area contributed by atoms with Gasteiger partial charge in [-0.05, 0) is 44.0 Å². The van der Waals surface area contributed by atoms with Crippen LogP contribution in [0.15, 0.2) is 35.3 Å². The predicted octanol–water partition coefficient (Wildman–Crippen LogP) is 3.24. The summed E-state index contributed by atoms with van der Waals surface area (Å²) in [6, 6.07) is 6.18. The van der Waals surface area contributed by atoms with Gasteiger partial charge in [-0.2, -0.15) is 0 Å². The summed E-state index contributed by atoms with van der Waals surface area (Å²) < 4.78 is 5.34. The van der Waals surface area contributed by atoms with Crippen LogP contribution in [0.1, 0.15) is 18.1 Å². The molecular formula is C15H24IN3O. The maximum absolute atomic E-state index is 5.81. The maximum Gasteiger partial charge on any atom is 0.193 e. The molecule has 3 N–H and O–H groups in total. The monoisotopic (exact) mass is 389 g/mol. The fourth-order valence-electron chi connectivity index (χ4n) is 1.71. The Kier molecular flexibility index (Phi) is 9.24. The Labute approximate surface area is 138 Å². The van der Waals surface area contributed by atoms with Crippen molar-refractivity contribution in [3.63, 3.8) is 0 Å². The zero-order chi connectivity index (χ0) is 14.3. The van der Waals surface area contributed by atoms with Gasteiger partial charge in [0.2, 0.25) is 0 Å². The van der Waals surface area contributed by atoms with Crippen molar-refractivity contribution in [3.05, 3.63) is 41.5 Å². The fraction of sp³-hybridized carbons (Fsp3) is 0.400. The van der Waals surface area contributed by atoms with E-state index in [4.69, 9.17) is 10.5 Å². The first-order valence-corrected chi connectivity index (χ1v) is 6.35. The van der Waals surface area contributed by atoms with Gasteiger partial charge in [-0.3, -0.25) is 4.99 Å². The predicted molar refractivity (Wildman–Crippen MR) is 97.1 cm³/mol. The third kappa shape index (κ3) is 8.16. The second-order valence-electron chi connectivity index (χ2n) is 4.78. The molecule has 0 amide bonds. The molecule has 5 heteroatoms. The van der Waals surface area contributed by atoms with E-state index in [2.05, 4.69) is 36.8 Å².